The molecule has 0 atom stereocenters. The molecule has 0 aliphatic heterocycles. The number of hydrogen-bond acceptors (Lipinski definition) is 5. The largest absolute Gasteiger partial charge is 0.478 e. The quantitative estimate of drug-likeness (QED) is 0.720. The Morgan fingerprint density at radius 2 is 1.88 bits per heavy atom. The van der Waals surface area contributed by atoms with Crippen LogP contribution in [0.5, 0.6) is 0 Å². The Hall–Kier alpha value is -2.99. The first-order valence-corrected chi connectivity index (χ1v) is 7.53. The zero-order chi connectivity index (χ0) is 16.8. The minimum Gasteiger partial charge on any atom is -0.478 e. The van der Waals surface area contributed by atoms with Crippen molar-refractivity contribution in [3.8, 4) is 0 Å². The summed E-state index contributed by atoms with van der Waals surface area (Å²) in [5.41, 5.74) is 1.84. The van der Waals surface area contributed by atoms with Crippen molar-refractivity contribution < 1.29 is 14.3 Å². The van der Waals surface area contributed by atoms with Crippen molar-refractivity contribution in [2.75, 3.05) is 0 Å². The number of carboxylic acid groups (broad SMARTS) is 1. The van der Waals surface area contributed by atoms with E-state index in [-0.39, 0.29) is 5.56 Å². The molecule has 6 nitrogen and oxygen atoms in total. The lowest BCUT2D eigenvalue weighted by atomic mass is 10.1. The van der Waals surface area contributed by atoms with Gasteiger partial charge in [0.05, 0.1) is 24.1 Å². The van der Waals surface area contributed by atoms with Gasteiger partial charge in [-0.1, -0.05) is 0 Å². The zero-order valence-electron chi connectivity index (χ0n) is 13.0. The molecule has 24 heavy (non-hydrogen) atoms. The average molecular weight is 323 g/mol. The number of rotatable bonds is 7. The van der Waals surface area contributed by atoms with Crippen LogP contribution in [0.4, 0.5) is 0 Å². The molecule has 0 saturated heterocycles. The molecule has 0 bridgehead atoms. The van der Waals surface area contributed by atoms with Crippen molar-refractivity contribution in [1.82, 2.24) is 14.9 Å². The second kappa shape index (κ2) is 7.52. The molecule has 3 aromatic heterocycles. The predicted molar refractivity (Wildman–Crippen MR) is 87.1 cm³/mol. The highest BCUT2D eigenvalue weighted by atomic mass is 16.4. The standard InChI is InChI=1S/C18H17N3O3/c22-18(23)16-4-1-7-20-17(16)13-21(12-15-3-2-10-24-15)11-14-5-8-19-9-6-14/h1-10H,11-13H2,(H,22,23). The van der Waals surface area contributed by atoms with Gasteiger partial charge < -0.3 is 9.52 Å². The van der Waals surface area contributed by atoms with Crippen LogP contribution in [0.1, 0.15) is 27.4 Å². The second-order valence-corrected chi connectivity index (χ2v) is 5.38. The van der Waals surface area contributed by atoms with Gasteiger partial charge in [-0.15, -0.1) is 0 Å². The Morgan fingerprint density at radius 1 is 1.04 bits per heavy atom. The molecular formula is C18H17N3O3. The van der Waals surface area contributed by atoms with Crippen LogP contribution in [-0.2, 0) is 19.6 Å². The minimum absolute atomic E-state index is 0.219. The third-order valence-electron chi connectivity index (χ3n) is 3.61. The van der Waals surface area contributed by atoms with Crippen LogP contribution in [0.3, 0.4) is 0 Å². The topological polar surface area (TPSA) is 79.5 Å². The highest BCUT2D eigenvalue weighted by Gasteiger charge is 2.16. The summed E-state index contributed by atoms with van der Waals surface area (Å²) in [6, 6.07) is 10.8. The summed E-state index contributed by atoms with van der Waals surface area (Å²) in [6.07, 6.45) is 6.72. The van der Waals surface area contributed by atoms with Gasteiger partial charge in [0.25, 0.3) is 0 Å². The Balaban J connectivity index is 1.83. The normalized spacial score (nSPS) is 10.9. The number of aromatic nitrogens is 2. The maximum atomic E-state index is 11.4. The van der Waals surface area contributed by atoms with Crippen molar-refractivity contribution in [2.45, 2.75) is 19.6 Å². The van der Waals surface area contributed by atoms with E-state index in [1.807, 2.05) is 24.3 Å². The van der Waals surface area contributed by atoms with Crippen LogP contribution in [0.2, 0.25) is 0 Å². The van der Waals surface area contributed by atoms with E-state index >= 15 is 0 Å². The molecule has 122 valence electrons. The van der Waals surface area contributed by atoms with Gasteiger partial charge in [-0.2, -0.15) is 0 Å². The number of nitrogens with zero attached hydrogens (tertiary/aromatic N) is 3. The first-order valence-electron chi connectivity index (χ1n) is 7.53. The van der Waals surface area contributed by atoms with Crippen molar-refractivity contribution in [2.24, 2.45) is 0 Å². The van der Waals surface area contributed by atoms with Crippen LogP contribution in [-0.4, -0.2) is 25.9 Å². The van der Waals surface area contributed by atoms with E-state index in [1.165, 1.54) is 0 Å². The fourth-order valence-electron chi connectivity index (χ4n) is 2.51. The Morgan fingerprint density at radius 3 is 2.58 bits per heavy atom. The van der Waals surface area contributed by atoms with Crippen LogP contribution in [0, 0.1) is 0 Å². The van der Waals surface area contributed by atoms with Gasteiger partial charge in [-0.25, -0.2) is 4.79 Å². The molecule has 0 spiro atoms. The maximum Gasteiger partial charge on any atom is 0.337 e. The summed E-state index contributed by atoms with van der Waals surface area (Å²) < 4.78 is 5.43. The molecule has 6 heteroatoms. The van der Waals surface area contributed by atoms with E-state index in [4.69, 9.17) is 4.42 Å². The average Bonchev–Trinajstić information content (AvgIpc) is 3.09. The van der Waals surface area contributed by atoms with Crippen molar-refractivity contribution in [1.29, 1.82) is 0 Å². The fourth-order valence-corrected chi connectivity index (χ4v) is 2.51. The first kappa shape index (κ1) is 15.9. The van der Waals surface area contributed by atoms with Crippen molar-refractivity contribution >= 4 is 5.97 Å². The lowest BCUT2D eigenvalue weighted by molar-refractivity contribution is 0.0693. The van der Waals surface area contributed by atoms with Gasteiger partial charge in [0.1, 0.15) is 5.76 Å². The van der Waals surface area contributed by atoms with Crippen molar-refractivity contribution in [3.63, 3.8) is 0 Å². The minimum atomic E-state index is -0.972. The zero-order valence-corrected chi connectivity index (χ0v) is 13.0. The van der Waals surface area contributed by atoms with Gasteiger partial charge in [-0.3, -0.25) is 14.9 Å². The van der Waals surface area contributed by atoms with Crippen LogP contribution in [0.25, 0.3) is 0 Å². The van der Waals surface area contributed by atoms with Crippen LogP contribution < -0.4 is 0 Å². The highest BCUT2D eigenvalue weighted by molar-refractivity contribution is 5.88. The van der Waals surface area contributed by atoms with Gasteiger partial charge in [0.15, 0.2) is 0 Å². The third-order valence-corrected chi connectivity index (χ3v) is 3.61. The molecule has 0 aliphatic carbocycles. The van der Waals surface area contributed by atoms with Crippen molar-refractivity contribution in [3.05, 3.63) is 83.8 Å². The van der Waals surface area contributed by atoms with Gasteiger partial charge >= 0.3 is 5.97 Å². The first-order chi connectivity index (χ1) is 11.7. The third kappa shape index (κ3) is 4.05. The molecule has 3 heterocycles. The van der Waals surface area contributed by atoms with E-state index in [2.05, 4.69) is 14.9 Å². The number of carboxylic acids is 1. The number of hydrogen-bond donors (Lipinski definition) is 1. The summed E-state index contributed by atoms with van der Waals surface area (Å²) in [5.74, 6) is -0.156. The predicted octanol–water partition coefficient (Wildman–Crippen LogP) is 2.97. The molecule has 3 rings (SSSR count). The number of aromatic carboxylic acids is 1. The maximum absolute atomic E-state index is 11.4. The van der Waals surface area contributed by atoms with E-state index in [0.29, 0.717) is 25.3 Å². The molecule has 0 fully saturated rings. The second-order valence-electron chi connectivity index (χ2n) is 5.38. The number of furan rings is 1. The molecular weight excluding hydrogens is 306 g/mol. The molecule has 3 aromatic rings. The molecule has 0 aliphatic rings. The van der Waals surface area contributed by atoms with E-state index < -0.39 is 5.97 Å². The van der Waals surface area contributed by atoms with E-state index in [9.17, 15) is 9.90 Å². The Labute approximate surface area is 139 Å². The molecule has 0 radical (unpaired) electrons. The Kier molecular flexibility index (Phi) is 4.98. The van der Waals surface area contributed by atoms with Crippen LogP contribution in [0.15, 0.2) is 65.7 Å². The smallest absolute Gasteiger partial charge is 0.337 e. The van der Waals surface area contributed by atoms with Crippen LogP contribution >= 0.6 is 0 Å². The van der Waals surface area contributed by atoms with E-state index in [0.717, 1.165) is 11.3 Å². The lowest BCUT2D eigenvalue weighted by Crippen LogP contribution is -2.24. The molecule has 0 saturated carbocycles. The summed E-state index contributed by atoms with van der Waals surface area (Å²) in [7, 11) is 0. The monoisotopic (exact) mass is 323 g/mol. The van der Waals surface area contributed by atoms with Gasteiger partial charge in [0, 0.05) is 31.7 Å². The van der Waals surface area contributed by atoms with E-state index in [1.54, 1.807) is 37.0 Å². The highest BCUT2D eigenvalue weighted by Crippen LogP contribution is 2.15. The van der Waals surface area contributed by atoms with Gasteiger partial charge in [0.2, 0.25) is 0 Å². The summed E-state index contributed by atoms with van der Waals surface area (Å²) in [6.45, 7) is 1.61. The Bertz CT molecular complexity index is 788. The molecule has 0 unspecified atom stereocenters. The number of pyridine rings is 2. The summed E-state index contributed by atoms with van der Waals surface area (Å²) in [4.78, 5) is 21.7. The van der Waals surface area contributed by atoms with Gasteiger partial charge in [-0.05, 0) is 42.0 Å². The molecule has 1 N–H and O–H groups in total. The molecule has 0 amide bonds. The number of carbonyl (C=O) groups is 1. The lowest BCUT2D eigenvalue weighted by Gasteiger charge is -2.21. The summed E-state index contributed by atoms with van der Waals surface area (Å²) in [5, 5.41) is 9.34. The SMILES string of the molecule is O=C(O)c1cccnc1CN(Cc1ccncc1)Cc1ccco1. The summed E-state index contributed by atoms with van der Waals surface area (Å²) >= 11 is 0. The fraction of sp³-hybridized carbons (Fsp3) is 0.167. The molecule has 0 aromatic carbocycles.